The molecule has 0 spiro atoms. The van der Waals surface area contributed by atoms with Crippen molar-refractivity contribution in [3.05, 3.63) is 35.9 Å². The first kappa shape index (κ1) is 12.0. The Morgan fingerprint density at radius 1 is 1.41 bits per heavy atom. The fourth-order valence-corrected chi connectivity index (χ4v) is 1.70. The van der Waals surface area contributed by atoms with Gasteiger partial charge in [-0.05, 0) is 34.9 Å². The predicted octanol–water partition coefficient (Wildman–Crippen LogP) is 2.68. The highest BCUT2D eigenvalue weighted by molar-refractivity contribution is 6.62. The second-order valence-electron chi connectivity index (χ2n) is 3.55. The second-order valence-corrected chi connectivity index (χ2v) is 3.87. The highest BCUT2D eigenvalue weighted by atomic mass is 35.5. The molecule has 0 unspecified atom stereocenters. The number of hydrogen-bond acceptors (Lipinski definition) is 3. The maximum absolute atomic E-state index is 10.8. The van der Waals surface area contributed by atoms with Gasteiger partial charge >= 0.3 is 5.37 Å². The van der Waals surface area contributed by atoms with Crippen LogP contribution in [0.25, 0.3) is 5.57 Å². The van der Waals surface area contributed by atoms with Gasteiger partial charge in [-0.1, -0.05) is 18.2 Å². The van der Waals surface area contributed by atoms with E-state index in [0.717, 1.165) is 21.9 Å². The summed E-state index contributed by atoms with van der Waals surface area (Å²) in [7, 11) is 1.63. The van der Waals surface area contributed by atoms with Crippen LogP contribution in [-0.2, 0) is 4.84 Å². The van der Waals surface area contributed by atoms with Gasteiger partial charge in [-0.3, -0.25) is 9.63 Å². The van der Waals surface area contributed by atoms with E-state index in [-0.39, 0.29) is 0 Å². The lowest BCUT2D eigenvalue weighted by molar-refractivity contribution is -0.0914. The number of hydrogen-bond donors (Lipinski definition) is 0. The summed E-state index contributed by atoms with van der Waals surface area (Å²) in [6.07, 6.45) is 1.92. The average molecular weight is 254 g/mol. The van der Waals surface area contributed by atoms with E-state index in [2.05, 4.69) is 0 Å². The first-order valence-electron chi connectivity index (χ1n) is 5.14. The van der Waals surface area contributed by atoms with E-state index in [1.54, 1.807) is 7.11 Å². The predicted molar refractivity (Wildman–Crippen MR) is 64.9 cm³/mol. The molecule has 1 aliphatic rings. The van der Waals surface area contributed by atoms with Gasteiger partial charge in [-0.25, -0.2) is 5.06 Å². The molecular formula is C12H12ClNO3. The van der Waals surface area contributed by atoms with Crippen LogP contribution >= 0.6 is 11.6 Å². The quantitative estimate of drug-likeness (QED) is 0.601. The minimum atomic E-state index is -0.602. The molecule has 1 aliphatic heterocycles. The summed E-state index contributed by atoms with van der Waals surface area (Å²) in [6, 6.07) is 7.67. The summed E-state index contributed by atoms with van der Waals surface area (Å²) in [5, 5.41) is 0.518. The first-order chi connectivity index (χ1) is 8.20. The lowest BCUT2D eigenvalue weighted by atomic mass is 10.1. The standard InChI is InChI=1S/C12H12ClNO3/c1-16-11-4-2-9(3-5-11)10-6-7-14(12(13)15)17-8-10/h2-6H,7-8H2,1H3. The molecule has 0 radical (unpaired) electrons. The Bertz CT molecular complexity index is 442. The van der Waals surface area contributed by atoms with Gasteiger partial charge in [0.15, 0.2) is 0 Å². The van der Waals surface area contributed by atoms with E-state index < -0.39 is 5.37 Å². The first-order valence-corrected chi connectivity index (χ1v) is 5.52. The third-order valence-electron chi connectivity index (χ3n) is 2.54. The molecule has 4 nitrogen and oxygen atoms in total. The maximum atomic E-state index is 10.8. The number of rotatable bonds is 2. The molecular weight excluding hydrogens is 242 g/mol. The van der Waals surface area contributed by atoms with Gasteiger partial charge < -0.3 is 4.74 Å². The number of halogens is 1. The van der Waals surface area contributed by atoms with Crippen LogP contribution in [0.2, 0.25) is 0 Å². The molecule has 1 aromatic rings. The van der Waals surface area contributed by atoms with Crippen molar-refractivity contribution in [2.24, 2.45) is 0 Å². The number of nitrogens with zero attached hydrogens (tertiary/aromatic N) is 1. The SMILES string of the molecule is COc1ccc(C2=CCN(C(=O)Cl)OC2)cc1. The van der Waals surface area contributed by atoms with Crippen LogP contribution in [0.4, 0.5) is 4.79 Å². The molecule has 90 valence electrons. The second kappa shape index (κ2) is 5.21. The Kier molecular flexibility index (Phi) is 3.66. The Morgan fingerprint density at radius 2 is 2.12 bits per heavy atom. The Labute approximate surface area is 104 Å². The monoisotopic (exact) mass is 253 g/mol. The lowest BCUT2D eigenvalue weighted by Gasteiger charge is -2.23. The molecule has 1 heterocycles. The number of ether oxygens (including phenoxy) is 1. The molecule has 0 saturated carbocycles. The molecule has 0 atom stereocenters. The van der Waals surface area contributed by atoms with Crippen molar-refractivity contribution in [1.82, 2.24) is 5.06 Å². The zero-order chi connectivity index (χ0) is 12.3. The summed E-state index contributed by atoms with van der Waals surface area (Å²) >= 11 is 5.31. The van der Waals surface area contributed by atoms with Gasteiger partial charge in [0.1, 0.15) is 12.4 Å². The van der Waals surface area contributed by atoms with Crippen LogP contribution in [0.1, 0.15) is 5.56 Å². The molecule has 2 rings (SSSR count). The highest BCUT2D eigenvalue weighted by Crippen LogP contribution is 2.22. The summed E-state index contributed by atoms with van der Waals surface area (Å²) in [5.74, 6) is 0.809. The van der Waals surface area contributed by atoms with Crippen LogP contribution < -0.4 is 4.74 Å². The minimum absolute atomic E-state index is 0.338. The van der Waals surface area contributed by atoms with E-state index in [0.29, 0.717) is 13.2 Å². The van der Waals surface area contributed by atoms with Crippen LogP contribution in [0.5, 0.6) is 5.75 Å². The fraction of sp³-hybridized carbons (Fsp3) is 0.250. The summed E-state index contributed by atoms with van der Waals surface area (Å²) < 4.78 is 5.08. The molecule has 0 saturated heterocycles. The smallest absolute Gasteiger partial charge is 0.340 e. The van der Waals surface area contributed by atoms with Crippen molar-refractivity contribution < 1.29 is 14.4 Å². The van der Waals surface area contributed by atoms with Gasteiger partial charge in [0, 0.05) is 0 Å². The topological polar surface area (TPSA) is 38.8 Å². The molecule has 0 bridgehead atoms. The van der Waals surface area contributed by atoms with Gasteiger partial charge in [-0.2, -0.15) is 0 Å². The zero-order valence-electron chi connectivity index (χ0n) is 9.35. The largest absolute Gasteiger partial charge is 0.497 e. The molecule has 5 heteroatoms. The van der Waals surface area contributed by atoms with E-state index in [4.69, 9.17) is 21.2 Å². The van der Waals surface area contributed by atoms with Crippen molar-refractivity contribution in [3.63, 3.8) is 0 Å². The van der Waals surface area contributed by atoms with Gasteiger partial charge in [0.25, 0.3) is 0 Å². The van der Waals surface area contributed by atoms with Crippen molar-refractivity contribution in [2.45, 2.75) is 0 Å². The summed E-state index contributed by atoms with van der Waals surface area (Å²) in [5.41, 5.74) is 2.08. The number of methoxy groups -OCH3 is 1. The Morgan fingerprint density at radius 3 is 2.59 bits per heavy atom. The van der Waals surface area contributed by atoms with Crippen LogP contribution in [0, 0.1) is 0 Å². The summed E-state index contributed by atoms with van der Waals surface area (Å²) in [4.78, 5) is 16.1. The Balaban J connectivity index is 2.10. The molecule has 0 fully saturated rings. The number of hydroxylamine groups is 2. The van der Waals surface area contributed by atoms with Crippen molar-refractivity contribution in [2.75, 3.05) is 20.3 Å². The third kappa shape index (κ3) is 2.78. The average Bonchev–Trinajstić information content (AvgIpc) is 2.39. The zero-order valence-corrected chi connectivity index (χ0v) is 10.1. The highest BCUT2D eigenvalue weighted by Gasteiger charge is 2.16. The van der Waals surface area contributed by atoms with E-state index in [1.165, 1.54) is 0 Å². The third-order valence-corrected chi connectivity index (χ3v) is 2.72. The van der Waals surface area contributed by atoms with Crippen molar-refractivity contribution in [3.8, 4) is 5.75 Å². The van der Waals surface area contributed by atoms with E-state index in [1.807, 2.05) is 30.3 Å². The number of carbonyl (C=O) groups is 1. The van der Waals surface area contributed by atoms with Crippen LogP contribution in [0.15, 0.2) is 30.3 Å². The molecule has 0 aromatic heterocycles. The maximum Gasteiger partial charge on any atom is 0.340 e. The van der Waals surface area contributed by atoms with Crippen molar-refractivity contribution >= 4 is 22.5 Å². The number of benzene rings is 1. The normalized spacial score (nSPS) is 15.4. The van der Waals surface area contributed by atoms with Crippen molar-refractivity contribution in [1.29, 1.82) is 0 Å². The summed E-state index contributed by atoms with van der Waals surface area (Å²) in [6.45, 7) is 0.703. The molecule has 1 aromatic carbocycles. The van der Waals surface area contributed by atoms with E-state index >= 15 is 0 Å². The fourth-order valence-electron chi connectivity index (χ4n) is 1.58. The Hall–Kier alpha value is -1.52. The minimum Gasteiger partial charge on any atom is -0.497 e. The van der Waals surface area contributed by atoms with E-state index in [9.17, 15) is 4.79 Å². The molecule has 1 amide bonds. The van der Waals surface area contributed by atoms with Gasteiger partial charge in [0.2, 0.25) is 0 Å². The van der Waals surface area contributed by atoms with Gasteiger partial charge in [0.05, 0.1) is 13.7 Å². The molecule has 17 heavy (non-hydrogen) atoms. The van der Waals surface area contributed by atoms with Crippen LogP contribution in [-0.4, -0.2) is 30.7 Å². The lowest BCUT2D eigenvalue weighted by Crippen LogP contribution is -2.30. The van der Waals surface area contributed by atoms with Gasteiger partial charge in [-0.15, -0.1) is 0 Å². The number of carbonyl (C=O) groups excluding carboxylic acids is 1. The van der Waals surface area contributed by atoms with Crippen LogP contribution in [0.3, 0.4) is 0 Å². The number of amides is 1. The molecule has 0 N–H and O–H groups in total. The molecule has 0 aliphatic carbocycles.